The van der Waals surface area contributed by atoms with E-state index in [1.54, 1.807) is 0 Å². The summed E-state index contributed by atoms with van der Waals surface area (Å²) in [6.45, 7) is 0. The predicted octanol–water partition coefficient (Wildman–Crippen LogP) is 2.36. The average molecular weight is 302 g/mol. The molecule has 0 bridgehead atoms. The van der Waals surface area contributed by atoms with E-state index in [2.05, 4.69) is 11.4 Å². The number of aryl methyl sites for hydroxylation is 1. The molecule has 0 fully saturated rings. The minimum absolute atomic E-state index is 0.167. The van der Waals surface area contributed by atoms with Crippen molar-refractivity contribution in [3.05, 3.63) is 35.9 Å². The molecule has 1 aromatic rings. The summed E-state index contributed by atoms with van der Waals surface area (Å²) in [6.07, 6.45) is 3.32. The van der Waals surface area contributed by atoms with Crippen LogP contribution in [0.3, 0.4) is 0 Å². The van der Waals surface area contributed by atoms with Crippen LogP contribution in [0, 0.1) is 11.3 Å². The van der Waals surface area contributed by atoms with E-state index >= 15 is 0 Å². The van der Waals surface area contributed by atoms with Gasteiger partial charge in [0.25, 0.3) is 0 Å². The highest BCUT2D eigenvalue weighted by atomic mass is 16.5. The number of carbonyl (C=O) groups excluding carboxylic acids is 2. The second-order valence-electron chi connectivity index (χ2n) is 5.03. The normalized spacial score (nSPS) is 11.3. The molecule has 1 atom stereocenters. The van der Waals surface area contributed by atoms with Gasteiger partial charge in [-0.05, 0) is 31.2 Å². The molecule has 0 radical (unpaired) electrons. The molecular weight excluding hydrogens is 280 g/mol. The fourth-order valence-corrected chi connectivity index (χ4v) is 2.11. The second kappa shape index (κ2) is 10.4. The summed E-state index contributed by atoms with van der Waals surface area (Å²) >= 11 is 0. The summed E-state index contributed by atoms with van der Waals surface area (Å²) in [5.41, 5.74) is 1.08. The molecule has 0 aliphatic heterocycles. The number of carbonyl (C=O) groups is 2. The van der Waals surface area contributed by atoms with Gasteiger partial charge < -0.3 is 10.1 Å². The van der Waals surface area contributed by atoms with Gasteiger partial charge in [0, 0.05) is 12.8 Å². The number of esters is 1. The zero-order valence-electron chi connectivity index (χ0n) is 12.9. The monoisotopic (exact) mass is 302 g/mol. The Hall–Kier alpha value is -2.35. The van der Waals surface area contributed by atoms with Gasteiger partial charge in [0.2, 0.25) is 5.91 Å². The van der Waals surface area contributed by atoms with Crippen LogP contribution in [0.5, 0.6) is 0 Å². The van der Waals surface area contributed by atoms with Gasteiger partial charge in [-0.1, -0.05) is 30.3 Å². The summed E-state index contributed by atoms with van der Waals surface area (Å²) in [6, 6.07) is 11.1. The van der Waals surface area contributed by atoms with E-state index in [0.717, 1.165) is 5.56 Å². The number of nitrogens with zero attached hydrogens (tertiary/aromatic N) is 1. The topological polar surface area (TPSA) is 79.2 Å². The van der Waals surface area contributed by atoms with Gasteiger partial charge in [0.15, 0.2) is 0 Å². The standard InChI is InChI=1S/C17H22N2O3/c1-22-17(21)15(10-6-3-7-13-18)19-16(20)12-11-14-8-4-2-5-9-14/h2,4-5,8-9,15H,3,6-7,10-12H2,1H3,(H,19,20)/t15-/m1/s1. The Kier molecular flexibility index (Phi) is 8.36. The van der Waals surface area contributed by atoms with Gasteiger partial charge in [-0.2, -0.15) is 5.26 Å². The lowest BCUT2D eigenvalue weighted by molar-refractivity contribution is -0.145. The maximum absolute atomic E-state index is 12.0. The maximum atomic E-state index is 12.0. The van der Waals surface area contributed by atoms with Gasteiger partial charge in [-0.25, -0.2) is 4.79 Å². The third-order valence-electron chi connectivity index (χ3n) is 3.34. The number of nitrogens with one attached hydrogen (secondary N) is 1. The molecule has 1 N–H and O–H groups in total. The molecule has 0 unspecified atom stereocenters. The van der Waals surface area contributed by atoms with Crippen molar-refractivity contribution in [2.75, 3.05) is 7.11 Å². The Morgan fingerprint density at radius 2 is 2.00 bits per heavy atom. The summed E-state index contributed by atoms with van der Waals surface area (Å²) in [4.78, 5) is 23.6. The number of amides is 1. The number of rotatable bonds is 9. The van der Waals surface area contributed by atoms with Crippen LogP contribution in [0.4, 0.5) is 0 Å². The van der Waals surface area contributed by atoms with E-state index in [-0.39, 0.29) is 5.91 Å². The third-order valence-corrected chi connectivity index (χ3v) is 3.34. The molecule has 1 rings (SSSR count). The van der Waals surface area contributed by atoms with Crippen molar-refractivity contribution in [3.8, 4) is 6.07 Å². The van der Waals surface area contributed by atoms with Crippen LogP contribution in [0.15, 0.2) is 30.3 Å². The van der Waals surface area contributed by atoms with Crippen LogP contribution in [-0.4, -0.2) is 25.0 Å². The minimum Gasteiger partial charge on any atom is -0.467 e. The van der Waals surface area contributed by atoms with Gasteiger partial charge in [-0.3, -0.25) is 4.79 Å². The van der Waals surface area contributed by atoms with Crippen molar-refractivity contribution in [1.29, 1.82) is 5.26 Å². The number of hydrogen-bond donors (Lipinski definition) is 1. The first-order valence-electron chi connectivity index (χ1n) is 7.45. The Balaban J connectivity index is 2.41. The molecule has 0 aliphatic rings. The average Bonchev–Trinajstić information content (AvgIpc) is 2.56. The molecule has 0 aromatic heterocycles. The van der Waals surface area contributed by atoms with Gasteiger partial charge >= 0.3 is 5.97 Å². The molecule has 0 heterocycles. The van der Waals surface area contributed by atoms with Crippen molar-refractivity contribution in [2.45, 2.75) is 44.6 Å². The zero-order valence-corrected chi connectivity index (χ0v) is 12.9. The number of hydrogen-bond acceptors (Lipinski definition) is 4. The van der Waals surface area contributed by atoms with Crippen molar-refractivity contribution in [2.24, 2.45) is 0 Å². The van der Waals surface area contributed by atoms with Crippen LogP contribution in [-0.2, 0) is 20.7 Å². The fourth-order valence-electron chi connectivity index (χ4n) is 2.11. The zero-order chi connectivity index (χ0) is 16.2. The first kappa shape index (κ1) is 17.7. The number of benzene rings is 1. The summed E-state index contributed by atoms with van der Waals surface area (Å²) in [7, 11) is 1.31. The molecule has 5 nitrogen and oxygen atoms in total. The Morgan fingerprint density at radius 1 is 1.27 bits per heavy atom. The second-order valence-corrected chi connectivity index (χ2v) is 5.03. The number of nitriles is 1. The molecule has 5 heteroatoms. The van der Waals surface area contributed by atoms with Crippen molar-refractivity contribution < 1.29 is 14.3 Å². The van der Waals surface area contributed by atoms with E-state index in [1.165, 1.54) is 7.11 Å². The molecule has 0 aliphatic carbocycles. The SMILES string of the molecule is COC(=O)[C@@H](CCCCC#N)NC(=O)CCc1ccccc1. The largest absolute Gasteiger partial charge is 0.467 e. The van der Waals surface area contributed by atoms with E-state index in [0.29, 0.717) is 38.5 Å². The lowest BCUT2D eigenvalue weighted by Gasteiger charge is -2.16. The van der Waals surface area contributed by atoms with Crippen LogP contribution in [0.25, 0.3) is 0 Å². The first-order valence-corrected chi connectivity index (χ1v) is 7.45. The van der Waals surface area contributed by atoms with Crippen molar-refractivity contribution in [3.63, 3.8) is 0 Å². The minimum atomic E-state index is -0.632. The summed E-state index contributed by atoms with van der Waals surface area (Å²) < 4.78 is 4.71. The number of unbranched alkanes of at least 4 members (excludes halogenated alkanes) is 2. The maximum Gasteiger partial charge on any atom is 0.328 e. The van der Waals surface area contributed by atoms with Crippen LogP contribution >= 0.6 is 0 Å². The fraction of sp³-hybridized carbons (Fsp3) is 0.471. The molecule has 118 valence electrons. The smallest absolute Gasteiger partial charge is 0.328 e. The highest BCUT2D eigenvalue weighted by molar-refractivity contribution is 5.84. The number of ether oxygens (including phenoxy) is 1. The molecule has 0 saturated carbocycles. The summed E-state index contributed by atoms with van der Waals surface area (Å²) in [5.74, 6) is -0.607. The molecule has 1 aromatic carbocycles. The Morgan fingerprint density at radius 3 is 2.64 bits per heavy atom. The highest BCUT2D eigenvalue weighted by Gasteiger charge is 2.20. The van der Waals surface area contributed by atoms with E-state index < -0.39 is 12.0 Å². The predicted molar refractivity (Wildman–Crippen MR) is 82.8 cm³/mol. The van der Waals surface area contributed by atoms with Crippen LogP contribution in [0.1, 0.15) is 37.7 Å². The number of methoxy groups -OCH3 is 1. The molecule has 22 heavy (non-hydrogen) atoms. The summed E-state index contributed by atoms with van der Waals surface area (Å²) in [5, 5.41) is 11.2. The first-order chi connectivity index (χ1) is 10.7. The lowest BCUT2D eigenvalue weighted by atomic mass is 10.1. The molecular formula is C17H22N2O3. The van der Waals surface area contributed by atoms with E-state index in [9.17, 15) is 9.59 Å². The van der Waals surface area contributed by atoms with Crippen LogP contribution < -0.4 is 5.32 Å². The lowest BCUT2D eigenvalue weighted by Crippen LogP contribution is -2.41. The van der Waals surface area contributed by atoms with Gasteiger partial charge in [0.05, 0.1) is 13.2 Å². The van der Waals surface area contributed by atoms with Crippen molar-refractivity contribution >= 4 is 11.9 Å². The quantitative estimate of drug-likeness (QED) is 0.561. The van der Waals surface area contributed by atoms with Gasteiger partial charge in [-0.15, -0.1) is 0 Å². The Bertz CT molecular complexity index is 508. The molecule has 1 amide bonds. The van der Waals surface area contributed by atoms with Gasteiger partial charge in [0.1, 0.15) is 6.04 Å². The third kappa shape index (κ3) is 6.89. The van der Waals surface area contributed by atoms with Crippen molar-refractivity contribution in [1.82, 2.24) is 5.32 Å². The Labute approximate surface area is 131 Å². The molecule has 0 saturated heterocycles. The van der Waals surface area contributed by atoms with E-state index in [1.807, 2.05) is 30.3 Å². The molecule has 0 spiro atoms. The van der Waals surface area contributed by atoms with E-state index in [4.69, 9.17) is 10.00 Å². The van der Waals surface area contributed by atoms with Crippen LogP contribution in [0.2, 0.25) is 0 Å². The highest BCUT2D eigenvalue weighted by Crippen LogP contribution is 2.07.